The first-order valence-corrected chi connectivity index (χ1v) is 13.9. The van der Waals surface area contributed by atoms with Crippen molar-refractivity contribution in [2.24, 2.45) is 0 Å². The molecule has 0 amide bonds. The van der Waals surface area contributed by atoms with Crippen LogP contribution in [0.4, 0.5) is 5.95 Å². The molecule has 2 aromatic carbocycles. The van der Waals surface area contributed by atoms with E-state index in [0.29, 0.717) is 27.7 Å². The standard InChI is InChI=1S/C27H30ClN5O2S/c1-27(2,3)32-15-9-10-19(17-32)30-26-29-16-23(28)25(31-26)22-18-33(24-14-8-7-13-21(22)24)36(34,35)20-11-5-4-6-12-20/h4-8,11-14,16,18-19H,9-10,15,17H2,1-3H3,(H,29,30,31)/t19-/m0/s1. The van der Waals surface area contributed by atoms with Gasteiger partial charge in [-0.05, 0) is 58.4 Å². The first kappa shape index (κ1) is 24.7. The second-order valence-electron chi connectivity index (χ2n) is 10.2. The summed E-state index contributed by atoms with van der Waals surface area (Å²) in [5.74, 6) is 0.484. The van der Waals surface area contributed by atoms with Crippen LogP contribution in [0.3, 0.4) is 0 Å². The lowest BCUT2D eigenvalue weighted by Gasteiger charge is -2.41. The van der Waals surface area contributed by atoms with Gasteiger partial charge >= 0.3 is 0 Å². The van der Waals surface area contributed by atoms with Crippen molar-refractivity contribution < 1.29 is 8.42 Å². The van der Waals surface area contributed by atoms with Crippen LogP contribution in [0.15, 0.2) is 71.9 Å². The minimum Gasteiger partial charge on any atom is -0.350 e. The van der Waals surface area contributed by atoms with Crippen LogP contribution in [0.5, 0.6) is 0 Å². The van der Waals surface area contributed by atoms with Crippen LogP contribution in [0.25, 0.3) is 22.2 Å². The van der Waals surface area contributed by atoms with Crippen molar-refractivity contribution >= 4 is 38.5 Å². The molecule has 7 nitrogen and oxygen atoms in total. The first-order chi connectivity index (χ1) is 17.1. The second kappa shape index (κ2) is 9.50. The zero-order chi connectivity index (χ0) is 25.5. The topological polar surface area (TPSA) is 80.1 Å². The molecule has 1 fully saturated rings. The fourth-order valence-corrected chi connectivity index (χ4v) is 6.34. The fourth-order valence-electron chi connectivity index (χ4n) is 4.76. The fraction of sp³-hybridized carbons (Fsp3) is 0.333. The maximum atomic E-state index is 13.5. The molecule has 5 rings (SSSR count). The summed E-state index contributed by atoms with van der Waals surface area (Å²) < 4.78 is 28.3. The number of benzene rings is 2. The van der Waals surface area contributed by atoms with Gasteiger partial charge < -0.3 is 5.32 Å². The molecule has 1 N–H and O–H groups in total. The van der Waals surface area contributed by atoms with Crippen molar-refractivity contribution in [1.29, 1.82) is 0 Å². The highest BCUT2D eigenvalue weighted by molar-refractivity contribution is 7.90. The van der Waals surface area contributed by atoms with Crippen molar-refractivity contribution in [3.63, 3.8) is 0 Å². The van der Waals surface area contributed by atoms with E-state index < -0.39 is 10.0 Å². The third-order valence-corrected chi connectivity index (χ3v) is 8.65. The highest BCUT2D eigenvalue weighted by atomic mass is 35.5. The summed E-state index contributed by atoms with van der Waals surface area (Å²) in [6.45, 7) is 8.66. The number of para-hydroxylation sites is 1. The number of nitrogens with one attached hydrogen (secondary N) is 1. The van der Waals surface area contributed by atoms with Crippen LogP contribution in [0.1, 0.15) is 33.6 Å². The van der Waals surface area contributed by atoms with E-state index in [0.717, 1.165) is 31.3 Å². The number of rotatable bonds is 5. The molecule has 0 radical (unpaired) electrons. The number of anilines is 1. The molecule has 3 heterocycles. The number of aromatic nitrogens is 3. The Bertz CT molecular complexity index is 1500. The van der Waals surface area contributed by atoms with E-state index in [1.165, 1.54) is 3.97 Å². The molecular weight excluding hydrogens is 494 g/mol. The molecule has 0 aliphatic carbocycles. The Morgan fingerprint density at radius 2 is 1.78 bits per heavy atom. The molecule has 0 saturated carbocycles. The van der Waals surface area contributed by atoms with Gasteiger partial charge in [-0.3, -0.25) is 4.90 Å². The molecular formula is C27H30ClN5O2S. The van der Waals surface area contributed by atoms with Gasteiger partial charge in [0, 0.05) is 35.3 Å². The van der Waals surface area contributed by atoms with Gasteiger partial charge in [0.1, 0.15) is 0 Å². The minimum absolute atomic E-state index is 0.0957. The number of hydrogen-bond donors (Lipinski definition) is 1. The summed E-state index contributed by atoms with van der Waals surface area (Å²) in [4.78, 5) is 11.9. The van der Waals surface area contributed by atoms with Crippen LogP contribution < -0.4 is 5.32 Å². The van der Waals surface area contributed by atoms with Gasteiger partial charge in [-0.15, -0.1) is 0 Å². The normalized spacial score (nSPS) is 17.4. The highest BCUT2D eigenvalue weighted by Crippen LogP contribution is 2.36. The number of halogens is 1. The molecule has 2 aromatic heterocycles. The zero-order valence-corrected chi connectivity index (χ0v) is 22.2. The summed E-state index contributed by atoms with van der Waals surface area (Å²) in [5, 5.41) is 4.60. The predicted molar refractivity (Wildman–Crippen MR) is 145 cm³/mol. The maximum Gasteiger partial charge on any atom is 0.268 e. The molecule has 0 unspecified atom stereocenters. The number of hydrogen-bond acceptors (Lipinski definition) is 6. The Morgan fingerprint density at radius 1 is 1.06 bits per heavy atom. The molecule has 0 spiro atoms. The molecule has 36 heavy (non-hydrogen) atoms. The number of fused-ring (bicyclic) bond motifs is 1. The van der Waals surface area contributed by atoms with E-state index in [9.17, 15) is 8.42 Å². The van der Waals surface area contributed by atoms with E-state index >= 15 is 0 Å². The van der Waals surface area contributed by atoms with Crippen molar-refractivity contribution in [1.82, 2.24) is 18.8 Å². The summed E-state index contributed by atoms with van der Waals surface area (Å²) in [6.07, 6.45) is 5.31. The van der Waals surface area contributed by atoms with Crippen LogP contribution in [0.2, 0.25) is 5.02 Å². The van der Waals surface area contributed by atoms with Crippen molar-refractivity contribution in [2.45, 2.75) is 50.1 Å². The van der Waals surface area contributed by atoms with Crippen LogP contribution in [-0.2, 0) is 10.0 Å². The first-order valence-electron chi connectivity index (χ1n) is 12.1. The lowest BCUT2D eigenvalue weighted by molar-refractivity contribution is 0.104. The Morgan fingerprint density at radius 3 is 2.53 bits per heavy atom. The smallest absolute Gasteiger partial charge is 0.268 e. The Hall–Kier alpha value is -2.94. The van der Waals surface area contributed by atoms with Gasteiger partial charge in [0.25, 0.3) is 10.0 Å². The molecule has 1 atom stereocenters. The maximum absolute atomic E-state index is 13.5. The highest BCUT2D eigenvalue weighted by Gasteiger charge is 2.28. The van der Waals surface area contributed by atoms with Gasteiger partial charge in [0.15, 0.2) is 0 Å². The lowest BCUT2D eigenvalue weighted by atomic mass is 9.98. The van der Waals surface area contributed by atoms with Crippen LogP contribution in [-0.4, -0.2) is 51.9 Å². The Kier molecular flexibility index (Phi) is 6.53. The molecule has 188 valence electrons. The van der Waals surface area contributed by atoms with E-state index in [4.69, 9.17) is 16.6 Å². The van der Waals surface area contributed by atoms with E-state index in [2.05, 4.69) is 36.0 Å². The van der Waals surface area contributed by atoms with Crippen molar-refractivity contribution in [2.75, 3.05) is 18.4 Å². The van der Waals surface area contributed by atoms with E-state index in [-0.39, 0.29) is 16.5 Å². The molecule has 1 saturated heterocycles. The van der Waals surface area contributed by atoms with E-state index in [1.54, 1.807) is 48.8 Å². The van der Waals surface area contributed by atoms with E-state index in [1.807, 2.05) is 18.2 Å². The van der Waals surface area contributed by atoms with Gasteiger partial charge in [0.2, 0.25) is 5.95 Å². The third-order valence-electron chi connectivity index (χ3n) is 6.68. The van der Waals surface area contributed by atoms with Gasteiger partial charge in [-0.2, -0.15) is 0 Å². The average Bonchev–Trinajstić information content (AvgIpc) is 3.26. The quantitative estimate of drug-likeness (QED) is 0.363. The van der Waals surface area contributed by atoms with Gasteiger partial charge in [-0.25, -0.2) is 22.4 Å². The lowest BCUT2D eigenvalue weighted by Crippen LogP contribution is -2.50. The molecule has 0 bridgehead atoms. The number of likely N-dealkylation sites (tertiary alicyclic amines) is 1. The molecule has 1 aliphatic rings. The second-order valence-corrected chi connectivity index (χ2v) is 12.4. The molecule has 1 aliphatic heterocycles. The minimum atomic E-state index is -3.81. The molecule has 9 heteroatoms. The predicted octanol–water partition coefficient (Wildman–Crippen LogP) is 5.66. The number of piperidine rings is 1. The summed E-state index contributed by atoms with van der Waals surface area (Å²) in [6, 6.07) is 16.0. The van der Waals surface area contributed by atoms with Gasteiger partial charge in [0.05, 0.1) is 27.3 Å². The largest absolute Gasteiger partial charge is 0.350 e. The summed E-state index contributed by atoms with van der Waals surface area (Å²) >= 11 is 6.58. The Balaban J connectivity index is 1.54. The third kappa shape index (κ3) is 4.73. The van der Waals surface area contributed by atoms with Crippen LogP contribution >= 0.6 is 11.6 Å². The molecule has 4 aromatic rings. The number of nitrogens with zero attached hydrogens (tertiary/aromatic N) is 4. The summed E-state index contributed by atoms with van der Waals surface area (Å²) in [5.41, 5.74) is 1.79. The Labute approximate surface area is 217 Å². The van der Waals surface area contributed by atoms with Gasteiger partial charge in [-0.1, -0.05) is 48.0 Å². The van der Waals surface area contributed by atoms with Crippen molar-refractivity contribution in [3.05, 3.63) is 72.0 Å². The SMILES string of the molecule is CC(C)(C)N1CCC[C@H](Nc2ncc(Cl)c(-c3cn(S(=O)(=O)c4ccccc4)c4ccccc34)n2)C1. The van der Waals surface area contributed by atoms with Crippen LogP contribution in [0, 0.1) is 0 Å². The monoisotopic (exact) mass is 523 g/mol. The summed E-state index contributed by atoms with van der Waals surface area (Å²) in [7, 11) is -3.81. The average molecular weight is 524 g/mol. The van der Waals surface area contributed by atoms with Crippen molar-refractivity contribution in [3.8, 4) is 11.3 Å². The zero-order valence-electron chi connectivity index (χ0n) is 20.6.